The number of hydrogen-bond donors (Lipinski definition) is 1. The number of aromatic nitrogens is 2. The van der Waals surface area contributed by atoms with Crippen LogP contribution >= 0.6 is 37.2 Å². The van der Waals surface area contributed by atoms with Crippen LogP contribution < -0.4 is 10.5 Å². The van der Waals surface area contributed by atoms with Crippen LogP contribution in [0, 0.1) is 0 Å². The number of hydrogen-bond acceptors (Lipinski definition) is 6. The molecule has 0 aliphatic heterocycles. The highest BCUT2D eigenvalue weighted by Crippen LogP contribution is 2.31. The Morgan fingerprint density at radius 2 is 1.81 bits per heavy atom. The highest BCUT2D eigenvalue weighted by Gasteiger charge is 2.14. The quantitative estimate of drug-likeness (QED) is 0.585. The zero-order valence-electron chi connectivity index (χ0n) is 14.3. The van der Waals surface area contributed by atoms with Crippen LogP contribution in [0.3, 0.4) is 0 Å². The molecule has 1 heterocycles. The number of rotatable bonds is 5. The molecule has 2 aromatic rings. The minimum atomic E-state index is -0.477. The van der Waals surface area contributed by atoms with Gasteiger partial charge >= 0.3 is 5.97 Å². The van der Waals surface area contributed by atoms with Gasteiger partial charge in [0.05, 0.1) is 30.4 Å². The first kappa shape index (κ1) is 24.2. The molecule has 0 saturated carbocycles. The number of benzene rings is 1. The fourth-order valence-corrected chi connectivity index (χ4v) is 2.64. The summed E-state index contributed by atoms with van der Waals surface area (Å²) >= 11 is 0. The summed E-state index contributed by atoms with van der Waals surface area (Å²) in [7, 11) is 0. The van der Waals surface area contributed by atoms with Crippen molar-refractivity contribution in [2.24, 2.45) is 0 Å². The molecule has 0 fully saturated rings. The molecule has 1 aromatic carbocycles. The number of carbonyl (C=O) groups excluding carboxylic acids is 1. The molecule has 0 unspecified atom stereocenters. The van der Waals surface area contributed by atoms with Crippen molar-refractivity contribution in [1.29, 1.82) is 0 Å². The van der Waals surface area contributed by atoms with Gasteiger partial charge in [-0.05, 0) is 49.4 Å². The molecule has 0 radical (unpaired) electrons. The average Bonchev–Trinajstić information content (AvgIpc) is 3.00. The Labute approximate surface area is 171 Å². The van der Waals surface area contributed by atoms with Crippen molar-refractivity contribution in [2.45, 2.75) is 32.8 Å². The van der Waals surface area contributed by atoms with Crippen molar-refractivity contribution in [3.63, 3.8) is 0 Å². The number of ether oxygens (including phenoxy) is 2. The molecular formula is C17H22Cl3N3O3. The number of aryl methyl sites for hydroxylation is 2. The highest BCUT2D eigenvalue weighted by molar-refractivity contribution is 5.86. The summed E-state index contributed by atoms with van der Waals surface area (Å²) in [6.07, 6.45) is 6.22. The minimum absolute atomic E-state index is 0. The van der Waals surface area contributed by atoms with Gasteiger partial charge in [-0.2, -0.15) is 0 Å². The molecule has 0 saturated heterocycles. The van der Waals surface area contributed by atoms with Gasteiger partial charge in [0.15, 0.2) is 5.69 Å². The largest absolute Gasteiger partial charge is 0.485 e. The van der Waals surface area contributed by atoms with Crippen LogP contribution in [0.25, 0.3) is 0 Å². The summed E-state index contributed by atoms with van der Waals surface area (Å²) in [6, 6.07) is 4.01. The van der Waals surface area contributed by atoms with Gasteiger partial charge in [0.2, 0.25) is 0 Å². The number of fused-ring (bicyclic) bond motifs is 1. The molecule has 144 valence electrons. The monoisotopic (exact) mass is 421 g/mol. The molecule has 26 heavy (non-hydrogen) atoms. The molecule has 3 rings (SSSR count). The Morgan fingerprint density at radius 1 is 1.12 bits per heavy atom. The molecular weight excluding hydrogens is 401 g/mol. The van der Waals surface area contributed by atoms with E-state index in [1.54, 1.807) is 6.92 Å². The maximum Gasteiger partial charge on any atom is 0.358 e. The first-order chi connectivity index (χ1) is 11.2. The fraction of sp³-hybridized carbons (Fsp3) is 0.353. The smallest absolute Gasteiger partial charge is 0.358 e. The van der Waals surface area contributed by atoms with Crippen LogP contribution in [0.1, 0.15) is 40.7 Å². The van der Waals surface area contributed by atoms with E-state index in [9.17, 15) is 4.79 Å². The number of anilines is 1. The highest BCUT2D eigenvalue weighted by atomic mass is 35.5. The molecule has 6 nitrogen and oxygen atoms in total. The lowest BCUT2D eigenvalue weighted by atomic mass is 10.1. The van der Waals surface area contributed by atoms with E-state index in [-0.39, 0.29) is 49.5 Å². The molecule has 2 N–H and O–H groups in total. The molecule has 1 aliphatic rings. The summed E-state index contributed by atoms with van der Waals surface area (Å²) in [4.78, 5) is 19.7. The van der Waals surface area contributed by atoms with Crippen LogP contribution in [0.4, 0.5) is 5.69 Å². The van der Waals surface area contributed by atoms with Crippen molar-refractivity contribution >= 4 is 48.9 Å². The van der Waals surface area contributed by atoms with Crippen LogP contribution in [0.5, 0.6) is 5.75 Å². The number of nitrogen functional groups attached to an aromatic ring is 1. The molecule has 1 aromatic heterocycles. The third kappa shape index (κ3) is 5.62. The van der Waals surface area contributed by atoms with Gasteiger partial charge in [-0.15, -0.1) is 37.2 Å². The number of esters is 1. The number of halogens is 3. The van der Waals surface area contributed by atoms with E-state index < -0.39 is 5.97 Å². The number of carbonyl (C=O) groups is 1. The minimum Gasteiger partial charge on any atom is -0.485 e. The van der Waals surface area contributed by atoms with E-state index in [2.05, 4.69) is 9.97 Å². The Kier molecular flexibility index (Phi) is 10.3. The molecule has 0 spiro atoms. The number of nitrogens with two attached hydrogens (primary N) is 1. The Morgan fingerprint density at radius 3 is 2.42 bits per heavy atom. The second-order valence-electron chi connectivity index (χ2n) is 5.41. The van der Waals surface area contributed by atoms with E-state index >= 15 is 0 Å². The maximum absolute atomic E-state index is 11.5. The molecule has 0 atom stereocenters. The fourth-order valence-electron chi connectivity index (χ4n) is 2.64. The van der Waals surface area contributed by atoms with Crippen molar-refractivity contribution < 1.29 is 14.3 Å². The summed E-state index contributed by atoms with van der Waals surface area (Å²) in [5, 5.41) is 0. The summed E-state index contributed by atoms with van der Waals surface area (Å²) in [6.45, 7) is 2.30. The van der Waals surface area contributed by atoms with Gasteiger partial charge in [0.25, 0.3) is 0 Å². The molecule has 1 aliphatic carbocycles. The zero-order valence-corrected chi connectivity index (χ0v) is 16.7. The van der Waals surface area contributed by atoms with E-state index in [0.717, 1.165) is 12.8 Å². The van der Waals surface area contributed by atoms with Crippen molar-refractivity contribution in [3.8, 4) is 5.75 Å². The van der Waals surface area contributed by atoms with E-state index in [1.807, 2.05) is 12.1 Å². The lowest BCUT2D eigenvalue weighted by molar-refractivity contribution is 0.0518. The third-order valence-corrected chi connectivity index (χ3v) is 3.79. The van der Waals surface area contributed by atoms with Crippen LogP contribution in [0.15, 0.2) is 24.5 Å². The van der Waals surface area contributed by atoms with Crippen LogP contribution in [0.2, 0.25) is 0 Å². The van der Waals surface area contributed by atoms with Gasteiger partial charge in [-0.1, -0.05) is 0 Å². The Balaban J connectivity index is 0.00000208. The maximum atomic E-state index is 11.5. The first-order valence-electron chi connectivity index (χ1n) is 7.69. The normalized spacial score (nSPS) is 11.3. The predicted octanol–water partition coefficient (Wildman–Crippen LogP) is 3.57. The topological polar surface area (TPSA) is 87.3 Å². The zero-order chi connectivity index (χ0) is 16.2. The van der Waals surface area contributed by atoms with Gasteiger partial charge in [0, 0.05) is 0 Å². The lowest BCUT2D eigenvalue weighted by Gasteiger charge is -2.11. The summed E-state index contributed by atoms with van der Waals surface area (Å²) in [5.74, 6) is 0.192. The third-order valence-electron chi connectivity index (χ3n) is 3.79. The summed E-state index contributed by atoms with van der Waals surface area (Å²) in [5.41, 5.74) is 10.1. The predicted molar refractivity (Wildman–Crippen MR) is 107 cm³/mol. The molecule has 0 amide bonds. The first-order valence-corrected chi connectivity index (χ1v) is 7.69. The van der Waals surface area contributed by atoms with E-state index in [1.165, 1.54) is 29.9 Å². The van der Waals surface area contributed by atoms with Gasteiger partial charge in [-0.3, -0.25) is 4.98 Å². The van der Waals surface area contributed by atoms with Crippen molar-refractivity contribution in [2.75, 3.05) is 12.3 Å². The van der Waals surface area contributed by atoms with Crippen molar-refractivity contribution in [1.82, 2.24) is 9.97 Å². The van der Waals surface area contributed by atoms with E-state index in [4.69, 9.17) is 15.2 Å². The lowest BCUT2D eigenvalue weighted by Crippen LogP contribution is -2.09. The van der Waals surface area contributed by atoms with Gasteiger partial charge < -0.3 is 15.2 Å². The van der Waals surface area contributed by atoms with E-state index in [0.29, 0.717) is 23.7 Å². The molecule has 0 bridgehead atoms. The average molecular weight is 423 g/mol. The Hall–Kier alpha value is -1.76. The standard InChI is InChI=1S/C17H19N3O3.3ClH/c1-2-22-17(21)15-9-19-13(8-20-15)10-23-16-7-12-5-3-4-11(12)6-14(16)18;;;/h6-9H,2-5,10,18H2,1H3;3*1H. The van der Waals surface area contributed by atoms with Crippen molar-refractivity contribution in [3.05, 3.63) is 47.0 Å². The second-order valence-corrected chi connectivity index (χ2v) is 5.41. The molecule has 9 heteroatoms. The Bertz CT molecular complexity index is 727. The summed E-state index contributed by atoms with van der Waals surface area (Å²) < 4.78 is 10.6. The SMILES string of the molecule is CCOC(=O)c1cnc(COc2cc3c(cc2N)CCC3)cn1.Cl.Cl.Cl. The van der Waals surface area contributed by atoms with Gasteiger partial charge in [-0.25, -0.2) is 9.78 Å². The van der Waals surface area contributed by atoms with Gasteiger partial charge in [0.1, 0.15) is 12.4 Å². The van der Waals surface area contributed by atoms with Crippen LogP contribution in [-0.2, 0) is 24.2 Å². The number of nitrogens with zero attached hydrogens (tertiary/aromatic N) is 2. The second kappa shape index (κ2) is 11.1. The van der Waals surface area contributed by atoms with Crippen LogP contribution in [-0.4, -0.2) is 22.5 Å².